The lowest BCUT2D eigenvalue weighted by molar-refractivity contribution is -0.128. The Morgan fingerprint density at radius 2 is 1.81 bits per heavy atom. The van der Waals surface area contributed by atoms with Crippen molar-refractivity contribution in [2.45, 2.75) is 77.9 Å². The standard InChI is InChI=1S/C38H50ClFN6O2/c1-6-34(26-12-31(13-26)45-20-28-18-44(24(4)47)19-29(28)21-45)43-10-9-25(17-43)11-27-22-46(36-16-41-15-33(39)37(27)36)35-8-7-30(40)14-32(35)38(48)42(5)23(2)3/h7-8,14-16,22-23,25-26,28-29,31,34H,6,9-13,17-21H2,1-5H3/t25-,26-,28-,29?,31+,34+/m1/s1. The number of hydrogen-bond acceptors (Lipinski definition) is 5. The van der Waals surface area contributed by atoms with E-state index < -0.39 is 5.82 Å². The van der Waals surface area contributed by atoms with Crippen LogP contribution in [0.25, 0.3) is 16.6 Å². The Morgan fingerprint density at radius 3 is 2.48 bits per heavy atom. The summed E-state index contributed by atoms with van der Waals surface area (Å²) in [6.07, 6.45) is 11.4. The molecule has 4 atom stereocenters. The van der Waals surface area contributed by atoms with Crippen LogP contribution in [0.3, 0.4) is 0 Å². The normalized spacial score (nSPS) is 26.8. The molecular weight excluding hydrogens is 627 g/mol. The van der Waals surface area contributed by atoms with E-state index in [2.05, 4.69) is 27.9 Å². The summed E-state index contributed by atoms with van der Waals surface area (Å²) in [6.45, 7) is 14.3. The van der Waals surface area contributed by atoms with Gasteiger partial charge >= 0.3 is 0 Å². The lowest BCUT2D eigenvalue weighted by Crippen LogP contribution is -2.52. The molecule has 2 amide bonds. The SMILES string of the molecule is CC[C@@H]([C@H]1C[C@@H](N2CC3CN(C(C)=O)C[C@@H]3C2)C1)N1CC[C@H](Cc2cn(-c3ccc(F)cc3C(=O)N(C)C(C)C)c3cncc(Cl)c23)C1. The van der Waals surface area contributed by atoms with Gasteiger partial charge in [-0.05, 0) is 99.9 Å². The van der Waals surface area contributed by atoms with Gasteiger partial charge in [0.05, 0.1) is 28.0 Å². The lowest BCUT2D eigenvalue weighted by atomic mass is 9.73. The van der Waals surface area contributed by atoms with Gasteiger partial charge in [-0.2, -0.15) is 0 Å². The fourth-order valence-corrected chi connectivity index (χ4v) is 9.52. The summed E-state index contributed by atoms with van der Waals surface area (Å²) in [7, 11) is 1.75. The molecule has 7 rings (SSSR count). The van der Waals surface area contributed by atoms with Crippen LogP contribution >= 0.6 is 11.6 Å². The largest absolute Gasteiger partial charge is 0.342 e. The highest BCUT2D eigenvalue weighted by molar-refractivity contribution is 6.35. The van der Waals surface area contributed by atoms with Crippen LogP contribution in [0.15, 0.2) is 36.8 Å². The Hall–Kier alpha value is -3.01. The van der Waals surface area contributed by atoms with Gasteiger partial charge in [0.1, 0.15) is 5.82 Å². The molecule has 4 aliphatic rings. The van der Waals surface area contributed by atoms with Crippen LogP contribution in [0.5, 0.6) is 0 Å². The third kappa shape index (κ3) is 6.15. The number of rotatable bonds is 9. The van der Waals surface area contributed by atoms with E-state index in [0.29, 0.717) is 46.1 Å². The Labute approximate surface area is 289 Å². The maximum Gasteiger partial charge on any atom is 0.256 e. The first-order chi connectivity index (χ1) is 23.0. The van der Waals surface area contributed by atoms with Gasteiger partial charge in [-0.1, -0.05) is 18.5 Å². The molecule has 0 N–H and O–H groups in total. The molecule has 258 valence electrons. The van der Waals surface area contributed by atoms with Crippen molar-refractivity contribution < 1.29 is 14.0 Å². The zero-order chi connectivity index (χ0) is 33.9. The van der Waals surface area contributed by atoms with Gasteiger partial charge in [0.25, 0.3) is 5.91 Å². The van der Waals surface area contributed by atoms with Crippen molar-refractivity contribution >= 4 is 34.3 Å². The highest BCUT2D eigenvalue weighted by Gasteiger charge is 2.47. The van der Waals surface area contributed by atoms with Gasteiger partial charge in [-0.15, -0.1) is 0 Å². The van der Waals surface area contributed by atoms with Gasteiger partial charge in [0.15, 0.2) is 0 Å². The number of fused-ring (bicyclic) bond motifs is 2. The molecule has 5 heterocycles. The van der Waals surface area contributed by atoms with E-state index in [-0.39, 0.29) is 17.9 Å². The van der Waals surface area contributed by atoms with Crippen molar-refractivity contribution in [2.24, 2.45) is 23.7 Å². The van der Waals surface area contributed by atoms with Crippen molar-refractivity contribution in [3.05, 3.63) is 58.8 Å². The van der Waals surface area contributed by atoms with Gasteiger partial charge in [0, 0.05) is 82.6 Å². The van der Waals surface area contributed by atoms with Crippen molar-refractivity contribution in [1.82, 2.24) is 29.2 Å². The van der Waals surface area contributed by atoms with Crippen molar-refractivity contribution in [2.75, 3.05) is 46.3 Å². The predicted molar refractivity (Wildman–Crippen MR) is 188 cm³/mol. The predicted octanol–water partition coefficient (Wildman–Crippen LogP) is 6.13. The smallest absolute Gasteiger partial charge is 0.256 e. The van der Waals surface area contributed by atoms with Gasteiger partial charge < -0.3 is 14.4 Å². The average molecular weight is 677 g/mol. The molecule has 3 aliphatic heterocycles. The monoisotopic (exact) mass is 676 g/mol. The number of halogens is 2. The van der Waals surface area contributed by atoms with Crippen molar-refractivity contribution in [3.63, 3.8) is 0 Å². The first kappa shape index (κ1) is 33.5. The molecule has 1 saturated carbocycles. The number of hydrogen-bond donors (Lipinski definition) is 0. The summed E-state index contributed by atoms with van der Waals surface area (Å²) in [5.41, 5.74) is 2.92. The van der Waals surface area contributed by atoms with Crippen LogP contribution in [0.1, 0.15) is 69.3 Å². The molecule has 10 heteroatoms. The van der Waals surface area contributed by atoms with Gasteiger partial charge in [-0.3, -0.25) is 24.4 Å². The number of carbonyl (C=O) groups is 2. The molecule has 2 aromatic heterocycles. The Balaban J connectivity index is 1.04. The summed E-state index contributed by atoms with van der Waals surface area (Å²) >= 11 is 6.81. The molecular formula is C38H50ClFN6O2. The quantitative estimate of drug-likeness (QED) is 0.273. The summed E-state index contributed by atoms with van der Waals surface area (Å²) in [5.74, 6) is 2.12. The van der Waals surface area contributed by atoms with Crippen LogP contribution < -0.4 is 0 Å². The van der Waals surface area contributed by atoms with Crippen molar-refractivity contribution in [3.8, 4) is 5.69 Å². The Morgan fingerprint density at radius 1 is 1.08 bits per heavy atom. The second kappa shape index (κ2) is 13.4. The van der Waals surface area contributed by atoms with Crippen LogP contribution in [0, 0.1) is 29.5 Å². The number of nitrogens with zero attached hydrogens (tertiary/aromatic N) is 6. The maximum atomic E-state index is 14.5. The average Bonchev–Trinajstić information content (AvgIpc) is 3.82. The molecule has 0 spiro atoms. The van der Waals surface area contributed by atoms with E-state index in [1.807, 2.05) is 23.3 Å². The number of benzene rings is 1. The minimum absolute atomic E-state index is 0.0233. The highest BCUT2D eigenvalue weighted by Crippen LogP contribution is 2.43. The summed E-state index contributed by atoms with van der Waals surface area (Å²) in [4.78, 5) is 38.9. The fourth-order valence-electron chi connectivity index (χ4n) is 9.24. The number of amides is 2. The third-order valence-electron chi connectivity index (χ3n) is 12.2. The van der Waals surface area contributed by atoms with Crippen LogP contribution in [-0.2, 0) is 11.2 Å². The highest BCUT2D eigenvalue weighted by atomic mass is 35.5. The second-order valence-electron chi connectivity index (χ2n) is 15.3. The summed E-state index contributed by atoms with van der Waals surface area (Å²) in [5, 5.41) is 1.55. The van der Waals surface area contributed by atoms with Crippen LogP contribution in [0.4, 0.5) is 4.39 Å². The lowest BCUT2D eigenvalue weighted by Gasteiger charge is -2.47. The first-order valence-corrected chi connectivity index (χ1v) is 18.3. The third-order valence-corrected chi connectivity index (χ3v) is 12.5. The van der Waals surface area contributed by atoms with E-state index in [1.54, 1.807) is 37.3 Å². The Bertz CT molecular complexity index is 1670. The molecule has 8 nitrogen and oxygen atoms in total. The fraction of sp³-hybridized carbons (Fsp3) is 0.605. The Kier molecular flexibility index (Phi) is 9.32. The number of carbonyl (C=O) groups excluding carboxylic acids is 2. The molecule has 1 unspecified atom stereocenters. The zero-order valence-electron chi connectivity index (χ0n) is 29.0. The van der Waals surface area contributed by atoms with E-state index >= 15 is 0 Å². The van der Waals surface area contributed by atoms with E-state index in [1.165, 1.54) is 31.4 Å². The zero-order valence-corrected chi connectivity index (χ0v) is 29.8. The molecule has 0 bridgehead atoms. The molecule has 0 radical (unpaired) electrons. The summed E-state index contributed by atoms with van der Waals surface area (Å²) < 4.78 is 16.5. The summed E-state index contributed by atoms with van der Waals surface area (Å²) in [6, 6.07) is 5.72. The van der Waals surface area contributed by atoms with E-state index in [0.717, 1.165) is 74.5 Å². The van der Waals surface area contributed by atoms with Gasteiger partial charge in [-0.25, -0.2) is 4.39 Å². The minimum Gasteiger partial charge on any atom is -0.342 e. The molecule has 1 aliphatic carbocycles. The minimum atomic E-state index is -0.439. The molecule has 3 saturated heterocycles. The van der Waals surface area contributed by atoms with Crippen molar-refractivity contribution in [1.29, 1.82) is 0 Å². The van der Waals surface area contributed by atoms with E-state index in [9.17, 15) is 14.0 Å². The van der Waals surface area contributed by atoms with Crippen LogP contribution in [0.2, 0.25) is 5.02 Å². The molecule has 4 fully saturated rings. The topological polar surface area (TPSA) is 64.9 Å². The van der Waals surface area contributed by atoms with Gasteiger partial charge in [0.2, 0.25) is 5.91 Å². The van der Waals surface area contributed by atoms with Crippen LogP contribution in [-0.4, -0.2) is 105 Å². The van der Waals surface area contributed by atoms with E-state index in [4.69, 9.17) is 11.6 Å². The first-order valence-electron chi connectivity index (χ1n) is 18.0. The number of likely N-dealkylation sites (tertiary alicyclic amines) is 3. The number of pyridine rings is 1. The number of aromatic nitrogens is 2. The molecule has 1 aromatic carbocycles. The maximum absolute atomic E-state index is 14.5. The second-order valence-corrected chi connectivity index (χ2v) is 15.7. The molecule has 3 aromatic rings. The molecule has 48 heavy (non-hydrogen) atoms.